The van der Waals surface area contributed by atoms with Crippen molar-refractivity contribution in [2.75, 3.05) is 5.32 Å². The fourth-order valence-electron chi connectivity index (χ4n) is 1.43. The van der Waals surface area contributed by atoms with Gasteiger partial charge in [0.1, 0.15) is 0 Å². The molecule has 1 amide bonds. The van der Waals surface area contributed by atoms with Gasteiger partial charge in [0.05, 0.1) is 11.4 Å². The normalized spacial score (nSPS) is 10.4. The summed E-state index contributed by atoms with van der Waals surface area (Å²) in [6.07, 6.45) is 0. The van der Waals surface area contributed by atoms with Crippen LogP contribution in [-0.2, 0) is 0 Å². The number of hydrogen-bond donors (Lipinski definition) is 1. The second-order valence-corrected chi connectivity index (χ2v) is 3.57. The molecule has 2 aromatic heterocycles. The zero-order chi connectivity index (χ0) is 13.3. The Bertz CT molecular complexity index is 610. The molecule has 0 bridgehead atoms. The Morgan fingerprint density at radius 3 is 2.56 bits per heavy atom. The number of hydrogen-bond acceptors (Lipinski definition) is 4. The van der Waals surface area contributed by atoms with Crippen LogP contribution in [0.5, 0.6) is 0 Å². The third-order valence-corrected chi connectivity index (χ3v) is 2.17. The van der Waals surface area contributed by atoms with Gasteiger partial charge in [-0.1, -0.05) is 0 Å². The van der Waals surface area contributed by atoms with Crippen molar-refractivity contribution >= 4 is 11.6 Å². The van der Waals surface area contributed by atoms with Crippen molar-refractivity contribution in [3.05, 3.63) is 41.4 Å². The van der Waals surface area contributed by atoms with Gasteiger partial charge in [-0.15, -0.1) is 0 Å². The Hall–Kier alpha value is -2.31. The van der Waals surface area contributed by atoms with E-state index in [9.17, 15) is 13.6 Å². The number of aryl methyl sites for hydroxylation is 2. The van der Waals surface area contributed by atoms with Crippen LogP contribution in [0.4, 0.5) is 14.5 Å². The van der Waals surface area contributed by atoms with Gasteiger partial charge in [-0.2, -0.15) is 13.8 Å². The fourth-order valence-corrected chi connectivity index (χ4v) is 1.43. The Kier molecular flexibility index (Phi) is 3.05. The summed E-state index contributed by atoms with van der Waals surface area (Å²) in [6, 6.07) is 2.02. The summed E-state index contributed by atoms with van der Waals surface area (Å²) in [5, 5.41) is 2.23. The second-order valence-electron chi connectivity index (χ2n) is 3.57. The minimum Gasteiger partial charge on any atom is -0.436 e. The van der Waals surface area contributed by atoms with Gasteiger partial charge in [0, 0.05) is 6.92 Å². The van der Waals surface area contributed by atoms with E-state index in [-0.39, 0.29) is 11.4 Å². The zero-order valence-corrected chi connectivity index (χ0v) is 9.62. The van der Waals surface area contributed by atoms with Crippen LogP contribution in [0.3, 0.4) is 0 Å². The summed E-state index contributed by atoms with van der Waals surface area (Å²) in [5.74, 6) is -2.42. The first-order chi connectivity index (χ1) is 8.47. The van der Waals surface area contributed by atoms with Crippen molar-refractivity contribution in [2.45, 2.75) is 13.8 Å². The van der Waals surface area contributed by atoms with Gasteiger partial charge in [0.15, 0.2) is 5.89 Å². The average molecular weight is 253 g/mol. The Morgan fingerprint density at radius 2 is 2.00 bits per heavy atom. The number of anilines is 1. The monoisotopic (exact) mass is 253 g/mol. The number of carbonyl (C=O) groups is 1. The summed E-state index contributed by atoms with van der Waals surface area (Å²) in [6.45, 7) is 3.18. The lowest BCUT2D eigenvalue weighted by molar-refractivity contribution is 0.0994. The van der Waals surface area contributed by atoms with Crippen molar-refractivity contribution < 1.29 is 18.0 Å². The van der Waals surface area contributed by atoms with Crippen LogP contribution in [-0.4, -0.2) is 15.9 Å². The Morgan fingerprint density at radius 1 is 1.28 bits per heavy atom. The number of aromatic nitrogens is 2. The third kappa shape index (κ3) is 2.34. The molecule has 0 unspecified atom stereocenters. The lowest BCUT2D eigenvalue weighted by Gasteiger charge is -2.03. The minimum atomic E-state index is -1.10. The van der Waals surface area contributed by atoms with E-state index in [1.165, 1.54) is 0 Å². The average Bonchev–Trinajstić information content (AvgIpc) is 2.62. The van der Waals surface area contributed by atoms with E-state index in [0.29, 0.717) is 11.6 Å². The third-order valence-electron chi connectivity index (χ3n) is 2.17. The first-order valence-electron chi connectivity index (χ1n) is 5.05. The predicted octanol–water partition coefficient (Wildman–Crippen LogP) is 2.22. The van der Waals surface area contributed by atoms with Gasteiger partial charge < -0.3 is 9.73 Å². The Balaban J connectivity index is 2.24. The van der Waals surface area contributed by atoms with Gasteiger partial charge in [0.2, 0.25) is 17.7 Å². The lowest BCUT2D eigenvalue weighted by atomic mass is 10.3. The van der Waals surface area contributed by atoms with Crippen LogP contribution in [0, 0.1) is 25.7 Å². The molecule has 0 aliphatic heterocycles. The van der Waals surface area contributed by atoms with Crippen LogP contribution in [0.25, 0.3) is 0 Å². The SMILES string of the molecule is Cc1nc(C)c(C(=O)Nc2ccc(F)nc2F)o1. The highest BCUT2D eigenvalue weighted by Gasteiger charge is 2.17. The maximum Gasteiger partial charge on any atom is 0.293 e. The van der Waals surface area contributed by atoms with Crippen LogP contribution < -0.4 is 5.32 Å². The molecule has 0 aliphatic carbocycles. The first kappa shape index (κ1) is 12.2. The van der Waals surface area contributed by atoms with Gasteiger partial charge in [-0.05, 0) is 19.1 Å². The number of oxazole rings is 1. The molecular weight excluding hydrogens is 244 g/mol. The highest BCUT2D eigenvalue weighted by atomic mass is 19.1. The van der Waals surface area contributed by atoms with E-state index >= 15 is 0 Å². The van der Waals surface area contributed by atoms with E-state index < -0.39 is 17.8 Å². The molecule has 7 heteroatoms. The highest BCUT2D eigenvalue weighted by Crippen LogP contribution is 2.15. The van der Waals surface area contributed by atoms with Crippen LogP contribution >= 0.6 is 0 Å². The van der Waals surface area contributed by atoms with Crippen LogP contribution in [0.15, 0.2) is 16.5 Å². The molecule has 2 rings (SSSR count). The quantitative estimate of drug-likeness (QED) is 0.833. The minimum absolute atomic E-state index is 0.0174. The maximum atomic E-state index is 13.2. The largest absolute Gasteiger partial charge is 0.436 e. The molecule has 0 saturated heterocycles. The lowest BCUT2D eigenvalue weighted by Crippen LogP contribution is -2.14. The van der Waals surface area contributed by atoms with Crippen LogP contribution in [0.2, 0.25) is 0 Å². The number of pyridine rings is 1. The van der Waals surface area contributed by atoms with Crippen molar-refractivity contribution in [3.63, 3.8) is 0 Å². The summed E-state index contributed by atoms with van der Waals surface area (Å²) >= 11 is 0. The standard InChI is InChI=1S/C11H9F2N3O2/c1-5-9(18-6(2)14-5)11(17)15-7-3-4-8(12)16-10(7)13/h3-4H,1-2H3,(H,15,17). The Labute approximate surface area is 101 Å². The molecule has 0 saturated carbocycles. The van der Waals surface area contributed by atoms with Crippen molar-refractivity contribution in [2.24, 2.45) is 0 Å². The molecule has 5 nitrogen and oxygen atoms in total. The van der Waals surface area contributed by atoms with E-state index in [4.69, 9.17) is 4.42 Å². The number of nitrogens with one attached hydrogen (secondary N) is 1. The zero-order valence-electron chi connectivity index (χ0n) is 9.62. The van der Waals surface area contributed by atoms with Gasteiger partial charge in [-0.25, -0.2) is 4.98 Å². The fraction of sp³-hybridized carbons (Fsp3) is 0.182. The number of nitrogens with zero attached hydrogens (tertiary/aromatic N) is 2. The molecule has 0 radical (unpaired) electrons. The van der Waals surface area contributed by atoms with Gasteiger partial charge >= 0.3 is 0 Å². The van der Waals surface area contributed by atoms with E-state index in [1.807, 2.05) is 0 Å². The van der Waals surface area contributed by atoms with Crippen molar-refractivity contribution in [3.8, 4) is 0 Å². The van der Waals surface area contributed by atoms with Gasteiger partial charge in [-0.3, -0.25) is 4.79 Å². The predicted molar refractivity (Wildman–Crippen MR) is 58.1 cm³/mol. The summed E-state index contributed by atoms with van der Waals surface area (Å²) < 4.78 is 30.9. The summed E-state index contributed by atoms with van der Waals surface area (Å²) in [5.41, 5.74) is 0.162. The molecule has 2 aromatic rings. The molecule has 18 heavy (non-hydrogen) atoms. The van der Waals surface area contributed by atoms with E-state index in [0.717, 1.165) is 12.1 Å². The molecule has 2 heterocycles. The molecule has 94 valence electrons. The molecule has 0 spiro atoms. The summed E-state index contributed by atoms with van der Waals surface area (Å²) in [4.78, 5) is 18.6. The molecule has 0 aliphatic rings. The second kappa shape index (κ2) is 4.52. The maximum absolute atomic E-state index is 13.2. The smallest absolute Gasteiger partial charge is 0.293 e. The topological polar surface area (TPSA) is 68.0 Å². The molecule has 0 fully saturated rings. The molecular formula is C11H9F2N3O2. The number of carbonyl (C=O) groups excluding carboxylic acids is 1. The molecule has 1 N–H and O–H groups in total. The van der Waals surface area contributed by atoms with Crippen molar-refractivity contribution in [1.29, 1.82) is 0 Å². The van der Waals surface area contributed by atoms with E-state index in [1.54, 1.807) is 13.8 Å². The number of halogens is 2. The molecule has 0 atom stereocenters. The molecule has 0 aromatic carbocycles. The van der Waals surface area contributed by atoms with E-state index in [2.05, 4.69) is 15.3 Å². The number of amides is 1. The van der Waals surface area contributed by atoms with Crippen molar-refractivity contribution in [1.82, 2.24) is 9.97 Å². The van der Waals surface area contributed by atoms with Crippen LogP contribution in [0.1, 0.15) is 22.1 Å². The summed E-state index contributed by atoms with van der Waals surface area (Å²) in [7, 11) is 0. The number of rotatable bonds is 2. The van der Waals surface area contributed by atoms with Gasteiger partial charge in [0.25, 0.3) is 5.91 Å². The first-order valence-corrected chi connectivity index (χ1v) is 5.05. The highest BCUT2D eigenvalue weighted by molar-refractivity contribution is 6.02.